The third-order valence-electron chi connectivity index (χ3n) is 7.45. The molecule has 1 atom stereocenters. The second-order valence-corrected chi connectivity index (χ2v) is 9.97. The van der Waals surface area contributed by atoms with Gasteiger partial charge in [-0.3, -0.25) is 14.3 Å². The zero-order chi connectivity index (χ0) is 25.3. The molecule has 2 aliphatic rings. The monoisotopic (exact) mass is 491 g/mol. The summed E-state index contributed by atoms with van der Waals surface area (Å²) in [6.07, 6.45) is 12.4. The van der Waals surface area contributed by atoms with E-state index in [1.54, 1.807) is 10.9 Å². The molecule has 5 rings (SSSR count). The molecule has 190 valence electrons. The van der Waals surface area contributed by atoms with Crippen LogP contribution in [0.3, 0.4) is 0 Å². The molecule has 1 saturated carbocycles. The Labute approximate surface area is 209 Å². The lowest BCUT2D eigenvalue weighted by molar-refractivity contribution is 0.0933. The number of aryl methyl sites for hydroxylation is 1. The van der Waals surface area contributed by atoms with E-state index in [0.717, 1.165) is 55.5 Å². The Morgan fingerprint density at radius 3 is 2.75 bits per heavy atom. The molecular weight excluding hydrogens is 458 g/mol. The van der Waals surface area contributed by atoms with Crippen LogP contribution in [0.2, 0.25) is 0 Å². The van der Waals surface area contributed by atoms with Crippen molar-refractivity contribution < 1.29 is 9.53 Å². The van der Waals surface area contributed by atoms with Gasteiger partial charge < -0.3 is 14.6 Å². The highest BCUT2D eigenvalue weighted by Gasteiger charge is 2.39. The number of carbonyl (C=O) groups excluding carboxylic acids is 1. The van der Waals surface area contributed by atoms with Crippen molar-refractivity contribution in [3.05, 3.63) is 45.8 Å². The molecule has 0 radical (unpaired) electrons. The van der Waals surface area contributed by atoms with Gasteiger partial charge in [-0.05, 0) is 57.6 Å². The predicted molar refractivity (Wildman–Crippen MR) is 137 cm³/mol. The van der Waals surface area contributed by atoms with Crippen molar-refractivity contribution >= 4 is 29.0 Å². The number of carbonyl (C=O) groups is 1. The van der Waals surface area contributed by atoms with Crippen molar-refractivity contribution in [1.29, 1.82) is 0 Å². The summed E-state index contributed by atoms with van der Waals surface area (Å²) in [7, 11) is 0. The van der Waals surface area contributed by atoms with Crippen LogP contribution < -0.4 is 10.7 Å². The smallest absolute Gasteiger partial charge is 0.275 e. The molecule has 1 aliphatic carbocycles. The molecule has 3 aromatic rings. The number of hydrogen-bond acceptors (Lipinski definition) is 7. The van der Waals surface area contributed by atoms with Gasteiger partial charge in [-0.1, -0.05) is 12.8 Å². The zero-order valence-corrected chi connectivity index (χ0v) is 21.2. The van der Waals surface area contributed by atoms with Crippen molar-refractivity contribution in [3.63, 3.8) is 0 Å². The minimum atomic E-state index is -0.481. The first kappa shape index (κ1) is 24.3. The van der Waals surface area contributed by atoms with E-state index in [-0.39, 0.29) is 22.9 Å². The van der Waals surface area contributed by atoms with E-state index in [1.165, 1.54) is 6.33 Å². The molecule has 36 heavy (non-hydrogen) atoms. The Hall–Kier alpha value is -3.40. The van der Waals surface area contributed by atoms with Gasteiger partial charge in [0.15, 0.2) is 5.69 Å². The summed E-state index contributed by atoms with van der Waals surface area (Å²) in [6, 6.07) is 0. The van der Waals surface area contributed by atoms with Gasteiger partial charge in [-0.25, -0.2) is 15.0 Å². The van der Waals surface area contributed by atoms with E-state index >= 15 is 0 Å². The average Bonchev–Trinajstić information content (AvgIpc) is 3.46. The molecule has 4 heterocycles. The van der Waals surface area contributed by atoms with Gasteiger partial charge in [-0.2, -0.15) is 5.10 Å². The summed E-state index contributed by atoms with van der Waals surface area (Å²) < 4.78 is 9.96. The Balaban J connectivity index is 1.70. The van der Waals surface area contributed by atoms with Crippen molar-refractivity contribution in [2.75, 3.05) is 13.2 Å². The van der Waals surface area contributed by atoms with Crippen LogP contribution in [0, 0.1) is 13.8 Å². The first-order valence-corrected chi connectivity index (χ1v) is 12.7. The third-order valence-corrected chi connectivity index (χ3v) is 7.45. The van der Waals surface area contributed by atoms with E-state index in [4.69, 9.17) is 9.73 Å². The summed E-state index contributed by atoms with van der Waals surface area (Å²) in [5.74, 6) is 0.429. The lowest BCUT2D eigenvalue weighted by Gasteiger charge is -2.33. The van der Waals surface area contributed by atoms with E-state index < -0.39 is 11.3 Å². The van der Waals surface area contributed by atoms with Crippen LogP contribution in [0.15, 0.2) is 28.5 Å². The number of rotatable bonds is 0. The Morgan fingerprint density at radius 1 is 1.14 bits per heavy atom. The second kappa shape index (κ2) is 9.93. The Bertz CT molecular complexity index is 1370. The number of ether oxygens (including phenoxy) is 1. The maximum Gasteiger partial charge on any atom is 0.275 e. The summed E-state index contributed by atoms with van der Waals surface area (Å²) in [5, 5.41) is 7.44. The highest BCUT2D eigenvalue weighted by molar-refractivity contribution is 5.94. The minimum absolute atomic E-state index is 0.131. The lowest BCUT2D eigenvalue weighted by atomic mass is 9.96. The first-order valence-electron chi connectivity index (χ1n) is 12.7. The topological polar surface area (TPSA) is 116 Å². The van der Waals surface area contributed by atoms with Gasteiger partial charge in [0.25, 0.3) is 5.91 Å². The van der Waals surface area contributed by atoms with Crippen LogP contribution in [0.1, 0.15) is 67.1 Å². The van der Waals surface area contributed by atoms with E-state index in [9.17, 15) is 9.59 Å². The number of nitrogens with zero attached hydrogens (tertiary/aromatic N) is 6. The molecule has 3 aromatic heterocycles. The molecule has 1 aliphatic heterocycles. The molecule has 1 unspecified atom stereocenters. The van der Waals surface area contributed by atoms with Gasteiger partial charge in [0.05, 0.1) is 24.4 Å². The Morgan fingerprint density at radius 2 is 1.94 bits per heavy atom. The third kappa shape index (κ3) is 4.45. The maximum atomic E-state index is 13.2. The number of aromatic nitrogens is 5. The summed E-state index contributed by atoms with van der Waals surface area (Å²) in [5.41, 5.74) is 2.09. The quantitative estimate of drug-likeness (QED) is 0.516. The van der Waals surface area contributed by atoms with E-state index in [1.807, 2.05) is 13.1 Å². The fraction of sp³-hybridized carbons (Fsp3) is 0.538. The van der Waals surface area contributed by atoms with Crippen LogP contribution in [-0.4, -0.2) is 55.7 Å². The van der Waals surface area contributed by atoms with Crippen molar-refractivity contribution in [1.82, 2.24) is 29.6 Å². The molecule has 10 heteroatoms. The lowest BCUT2D eigenvalue weighted by Crippen LogP contribution is -2.38. The average molecular weight is 492 g/mol. The number of nitrogens with one attached hydrogen (secondary N) is 1. The highest BCUT2D eigenvalue weighted by atomic mass is 16.5. The van der Waals surface area contributed by atoms with Crippen molar-refractivity contribution in [2.24, 2.45) is 4.99 Å². The number of fused-ring (bicyclic) bond motifs is 6. The van der Waals surface area contributed by atoms with Gasteiger partial charge in [0.1, 0.15) is 23.2 Å². The fourth-order valence-corrected chi connectivity index (χ4v) is 5.30. The Kier molecular flexibility index (Phi) is 6.70. The largest absolute Gasteiger partial charge is 0.373 e. The van der Waals surface area contributed by atoms with Gasteiger partial charge in [-0.15, -0.1) is 0 Å². The fourth-order valence-electron chi connectivity index (χ4n) is 5.30. The molecule has 1 N–H and O–H groups in total. The van der Waals surface area contributed by atoms with Crippen molar-refractivity contribution in [2.45, 2.75) is 77.5 Å². The van der Waals surface area contributed by atoms with Crippen LogP contribution in [0.25, 0.3) is 11.0 Å². The molecule has 1 fully saturated rings. The van der Waals surface area contributed by atoms with Gasteiger partial charge in [0.2, 0.25) is 5.43 Å². The van der Waals surface area contributed by atoms with Crippen LogP contribution in [-0.2, 0) is 16.8 Å². The van der Waals surface area contributed by atoms with E-state index in [0.29, 0.717) is 25.2 Å². The number of hydrogen-bond donors (Lipinski definition) is 1. The molecule has 10 nitrogen and oxygen atoms in total. The number of aliphatic imine (C=N–C) groups is 1. The zero-order valence-electron chi connectivity index (χ0n) is 21.2. The molecule has 1 spiro atoms. The van der Waals surface area contributed by atoms with Crippen LogP contribution in [0.4, 0.5) is 5.82 Å². The normalized spacial score (nSPS) is 21.8. The van der Waals surface area contributed by atoms with E-state index in [2.05, 4.69) is 45.0 Å². The van der Waals surface area contributed by atoms with Gasteiger partial charge >= 0.3 is 0 Å². The van der Waals surface area contributed by atoms with Crippen LogP contribution in [0.5, 0.6) is 0 Å². The standard InChI is InChI=1S/C26H33N7O3/c1-17-14-32-24(19(17)3)29-12-18(2)36-11-7-6-10-28-25(35)22-23(34)21-20(13-27-16-30-21)33(31-22)15-26(32)8-4-5-9-26/h12-14,16,18H,4-11,15H2,1-3H3,(H,28,35)/b29-12-. The maximum absolute atomic E-state index is 13.2. The highest BCUT2D eigenvalue weighted by Crippen LogP contribution is 2.43. The SMILES string of the molecule is Cc1cn2c(c1C)/N=C\C(C)OCCCCNC(=O)c1nn(c3cncnc3c1=O)CC21CCCC1. The second-order valence-electron chi connectivity index (χ2n) is 9.97. The molecule has 0 aromatic carbocycles. The molecule has 0 saturated heterocycles. The first-order chi connectivity index (χ1) is 17.4. The molecule has 2 bridgehead atoms. The summed E-state index contributed by atoms with van der Waals surface area (Å²) >= 11 is 0. The molecule has 1 amide bonds. The summed E-state index contributed by atoms with van der Waals surface area (Å²) in [4.78, 5) is 39.5. The predicted octanol–water partition coefficient (Wildman–Crippen LogP) is 3.21. The molecular formula is C26H33N7O3. The number of amides is 1. The van der Waals surface area contributed by atoms with Crippen molar-refractivity contribution in [3.8, 4) is 0 Å². The minimum Gasteiger partial charge on any atom is -0.373 e. The van der Waals surface area contributed by atoms with Crippen LogP contribution >= 0.6 is 0 Å². The summed E-state index contributed by atoms with van der Waals surface area (Å²) in [6.45, 7) is 7.65. The van der Waals surface area contributed by atoms with Gasteiger partial charge in [0, 0.05) is 25.6 Å².